The normalized spacial score (nSPS) is 42.4. The number of hydrogen-bond donors (Lipinski definition) is 1. The average Bonchev–Trinajstić information content (AvgIpc) is 2.57. The van der Waals surface area contributed by atoms with Crippen molar-refractivity contribution in [1.29, 1.82) is 0 Å². The van der Waals surface area contributed by atoms with Gasteiger partial charge < -0.3 is 5.11 Å². The van der Waals surface area contributed by atoms with E-state index in [0.29, 0.717) is 6.04 Å². The molecule has 2 heterocycles. The second-order valence-corrected chi connectivity index (χ2v) is 3.44. The average molecular weight is 155 g/mol. The van der Waals surface area contributed by atoms with Crippen molar-refractivity contribution >= 4 is 5.97 Å². The summed E-state index contributed by atoms with van der Waals surface area (Å²) in [6, 6.07) is 0.255. The predicted molar refractivity (Wildman–Crippen MR) is 40.4 cm³/mol. The number of carbonyl (C=O) groups is 1. The first-order valence-electron chi connectivity index (χ1n) is 4.29. The molecule has 11 heavy (non-hydrogen) atoms. The predicted octanol–water partition coefficient (Wildman–Crippen LogP) is 0.698. The van der Waals surface area contributed by atoms with Crippen molar-refractivity contribution in [2.75, 3.05) is 6.54 Å². The van der Waals surface area contributed by atoms with Crippen molar-refractivity contribution in [2.24, 2.45) is 0 Å². The summed E-state index contributed by atoms with van der Waals surface area (Å²) in [4.78, 5) is 12.7. The van der Waals surface area contributed by atoms with Gasteiger partial charge in [-0.2, -0.15) is 0 Å². The molecule has 0 saturated carbocycles. The van der Waals surface area contributed by atoms with E-state index in [1.54, 1.807) is 0 Å². The van der Waals surface area contributed by atoms with Crippen molar-refractivity contribution in [3.63, 3.8) is 0 Å². The molecule has 0 aromatic carbocycles. The highest BCUT2D eigenvalue weighted by atomic mass is 16.4. The number of fused-ring (bicyclic) bond motifs is 1. The third-order valence-corrected chi connectivity index (χ3v) is 2.73. The molecule has 0 aliphatic carbocycles. The molecule has 0 spiro atoms. The molecular weight excluding hydrogens is 142 g/mol. The number of carboxylic acids is 1. The second-order valence-electron chi connectivity index (χ2n) is 3.44. The van der Waals surface area contributed by atoms with Gasteiger partial charge in [-0.1, -0.05) is 12.8 Å². The standard InChI is InChI=1S/C8H13NO2/c10-8(11)7-6-4-2-1-3-5-9(6)7/h6-7H,1-5H2,(H,10,11). The van der Waals surface area contributed by atoms with E-state index in [-0.39, 0.29) is 6.04 Å². The van der Waals surface area contributed by atoms with E-state index < -0.39 is 5.97 Å². The summed E-state index contributed by atoms with van der Waals surface area (Å²) in [5, 5.41) is 8.73. The molecular formula is C8H13NO2. The molecule has 3 atom stereocenters. The third-order valence-electron chi connectivity index (χ3n) is 2.73. The molecule has 3 unspecified atom stereocenters. The van der Waals surface area contributed by atoms with E-state index in [2.05, 4.69) is 4.90 Å². The highest BCUT2D eigenvalue weighted by Crippen LogP contribution is 2.35. The first kappa shape index (κ1) is 7.10. The van der Waals surface area contributed by atoms with Gasteiger partial charge in [0.1, 0.15) is 6.04 Å². The Kier molecular flexibility index (Phi) is 1.60. The maximum atomic E-state index is 10.6. The Morgan fingerprint density at radius 1 is 1.36 bits per heavy atom. The number of rotatable bonds is 1. The van der Waals surface area contributed by atoms with Gasteiger partial charge in [-0.15, -0.1) is 0 Å². The van der Waals surface area contributed by atoms with Crippen molar-refractivity contribution < 1.29 is 9.90 Å². The van der Waals surface area contributed by atoms with Crippen LogP contribution in [0, 0.1) is 0 Å². The molecule has 2 saturated heterocycles. The zero-order valence-corrected chi connectivity index (χ0v) is 6.49. The molecule has 2 aliphatic rings. The summed E-state index contributed by atoms with van der Waals surface area (Å²) in [7, 11) is 0. The van der Waals surface area contributed by atoms with Gasteiger partial charge in [0.2, 0.25) is 0 Å². The van der Waals surface area contributed by atoms with Gasteiger partial charge in [0, 0.05) is 6.04 Å². The molecule has 0 aromatic rings. The summed E-state index contributed by atoms with van der Waals surface area (Å²) in [5.41, 5.74) is 0. The Labute approximate surface area is 66.0 Å². The van der Waals surface area contributed by atoms with Crippen LogP contribution in [0.25, 0.3) is 0 Å². The highest BCUT2D eigenvalue weighted by molar-refractivity contribution is 5.78. The van der Waals surface area contributed by atoms with Crippen LogP contribution in [-0.2, 0) is 4.79 Å². The van der Waals surface area contributed by atoms with Gasteiger partial charge in [0.25, 0.3) is 0 Å². The van der Waals surface area contributed by atoms with E-state index in [1.165, 1.54) is 19.3 Å². The Bertz CT molecular complexity index is 169. The van der Waals surface area contributed by atoms with Crippen LogP contribution in [0.4, 0.5) is 0 Å². The number of aliphatic carboxylic acids is 1. The van der Waals surface area contributed by atoms with E-state index >= 15 is 0 Å². The summed E-state index contributed by atoms with van der Waals surface area (Å²) in [6.07, 6.45) is 4.77. The minimum Gasteiger partial charge on any atom is -0.480 e. The fourth-order valence-electron chi connectivity index (χ4n) is 2.09. The Morgan fingerprint density at radius 2 is 2.18 bits per heavy atom. The molecule has 1 N–H and O–H groups in total. The largest absolute Gasteiger partial charge is 0.480 e. The summed E-state index contributed by atoms with van der Waals surface area (Å²) >= 11 is 0. The summed E-state index contributed by atoms with van der Waals surface area (Å²) in [6.45, 7) is 1.00. The van der Waals surface area contributed by atoms with E-state index in [9.17, 15) is 4.79 Å². The minimum atomic E-state index is -0.628. The van der Waals surface area contributed by atoms with E-state index in [4.69, 9.17) is 5.11 Å². The molecule has 2 rings (SSSR count). The lowest BCUT2D eigenvalue weighted by atomic mass is 10.1. The van der Waals surface area contributed by atoms with E-state index in [0.717, 1.165) is 13.0 Å². The lowest BCUT2D eigenvalue weighted by molar-refractivity contribution is -0.137. The van der Waals surface area contributed by atoms with Crippen molar-refractivity contribution in [2.45, 2.75) is 37.8 Å². The molecule has 0 amide bonds. The highest BCUT2D eigenvalue weighted by Gasteiger charge is 2.52. The molecule has 2 fully saturated rings. The zero-order chi connectivity index (χ0) is 7.84. The number of hydrogen-bond acceptors (Lipinski definition) is 2. The zero-order valence-electron chi connectivity index (χ0n) is 6.49. The van der Waals surface area contributed by atoms with Crippen LogP contribution in [0.2, 0.25) is 0 Å². The van der Waals surface area contributed by atoms with Gasteiger partial charge in [0.15, 0.2) is 0 Å². The molecule has 0 radical (unpaired) electrons. The first-order chi connectivity index (χ1) is 5.30. The molecule has 0 aromatic heterocycles. The quantitative estimate of drug-likeness (QED) is 0.566. The Balaban J connectivity index is 1.96. The van der Waals surface area contributed by atoms with Gasteiger partial charge in [0.05, 0.1) is 0 Å². The molecule has 3 nitrogen and oxygen atoms in total. The van der Waals surface area contributed by atoms with Crippen molar-refractivity contribution in [3.8, 4) is 0 Å². The van der Waals surface area contributed by atoms with Crippen LogP contribution in [0.3, 0.4) is 0 Å². The summed E-state index contributed by atoms with van der Waals surface area (Å²) < 4.78 is 0. The molecule has 2 aliphatic heterocycles. The molecule has 62 valence electrons. The lowest BCUT2D eigenvalue weighted by Gasteiger charge is -1.97. The van der Waals surface area contributed by atoms with Crippen LogP contribution in [0.15, 0.2) is 0 Å². The van der Waals surface area contributed by atoms with Gasteiger partial charge in [-0.3, -0.25) is 9.69 Å². The van der Waals surface area contributed by atoms with Crippen LogP contribution in [-0.4, -0.2) is 34.6 Å². The van der Waals surface area contributed by atoms with Crippen LogP contribution < -0.4 is 0 Å². The van der Waals surface area contributed by atoms with E-state index in [1.807, 2.05) is 0 Å². The minimum absolute atomic E-state index is 0.129. The van der Waals surface area contributed by atoms with Crippen LogP contribution >= 0.6 is 0 Å². The fraction of sp³-hybridized carbons (Fsp3) is 0.875. The monoisotopic (exact) mass is 155 g/mol. The SMILES string of the molecule is O=C(O)C1C2CCCCCN21. The smallest absolute Gasteiger partial charge is 0.322 e. The van der Waals surface area contributed by atoms with Crippen LogP contribution in [0.5, 0.6) is 0 Å². The van der Waals surface area contributed by atoms with Gasteiger partial charge in [-0.25, -0.2) is 0 Å². The molecule has 0 bridgehead atoms. The third kappa shape index (κ3) is 1.13. The second kappa shape index (κ2) is 2.48. The van der Waals surface area contributed by atoms with Crippen molar-refractivity contribution in [1.82, 2.24) is 4.90 Å². The Morgan fingerprint density at radius 3 is 2.91 bits per heavy atom. The number of carboxylic acid groups (broad SMARTS) is 1. The Hall–Kier alpha value is -0.570. The fourth-order valence-corrected chi connectivity index (χ4v) is 2.09. The number of nitrogens with zero attached hydrogens (tertiary/aromatic N) is 1. The maximum absolute atomic E-state index is 10.6. The summed E-state index contributed by atoms with van der Waals surface area (Å²) in [5.74, 6) is -0.628. The lowest BCUT2D eigenvalue weighted by Crippen LogP contribution is -2.13. The topological polar surface area (TPSA) is 40.3 Å². The van der Waals surface area contributed by atoms with Crippen molar-refractivity contribution in [3.05, 3.63) is 0 Å². The molecule has 3 heteroatoms. The first-order valence-corrected chi connectivity index (χ1v) is 4.29. The maximum Gasteiger partial charge on any atom is 0.322 e. The van der Waals surface area contributed by atoms with Crippen LogP contribution in [0.1, 0.15) is 25.7 Å². The van der Waals surface area contributed by atoms with Gasteiger partial charge in [-0.05, 0) is 19.4 Å². The van der Waals surface area contributed by atoms with Gasteiger partial charge >= 0.3 is 5.97 Å².